The van der Waals surface area contributed by atoms with Gasteiger partial charge in [0.2, 0.25) is 5.91 Å². The number of amides is 1. The average molecular weight is 260 g/mol. The van der Waals surface area contributed by atoms with Gasteiger partial charge >= 0.3 is 0 Å². The second-order valence-corrected chi connectivity index (χ2v) is 5.21. The van der Waals surface area contributed by atoms with E-state index in [0.717, 1.165) is 44.0 Å². The summed E-state index contributed by atoms with van der Waals surface area (Å²) in [6.07, 6.45) is 6.19. The van der Waals surface area contributed by atoms with Gasteiger partial charge in [-0.15, -0.1) is 0 Å². The summed E-state index contributed by atoms with van der Waals surface area (Å²) < 4.78 is 0. The molecular formula is C14H20N4O. The quantitative estimate of drug-likeness (QED) is 0.862. The summed E-state index contributed by atoms with van der Waals surface area (Å²) in [6.45, 7) is 2.99. The molecule has 2 aliphatic heterocycles. The highest BCUT2D eigenvalue weighted by Crippen LogP contribution is 2.26. The van der Waals surface area contributed by atoms with Gasteiger partial charge in [0.25, 0.3) is 0 Å². The number of rotatable bonds is 3. The zero-order chi connectivity index (χ0) is 13.1. The zero-order valence-corrected chi connectivity index (χ0v) is 11.1. The van der Waals surface area contributed by atoms with E-state index in [1.165, 1.54) is 12.8 Å². The van der Waals surface area contributed by atoms with E-state index in [1.54, 1.807) is 6.20 Å². The van der Waals surface area contributed by atoms with Gasteiger partial charge in [-0.1, -0.05) is 0 Å². The summed E-state index contributed by atoms with van der Waals surface area (Å²) in [5.41, 5.74) is 0.836. The minimum absolute atomic E-state index is 0.0494. The van der Waals surface area contributed by atoms with Crippen molar-refractivity contribution in [2.75, 3.05) is 29.9 Å². The largest absolute Gasteiger partial charge is 0.355 e. The summed E-state index contributed by atoms with van der Waals surface area (Å²) in [5.74, 6) is 0.970. The van der Waals surface area contributed by atoms with E-state index in [0.29, 0.717) is 0 Å². The maximum Gasteiger partial charge on any atom is 0.241 e. The predicted molar refractivity (Wildman–Crippen MR) is 75.3 cm³/mol. The fourth-order valence-corrected chi connectivity index (χ4v) is 2.80. The molecule has 1 aromatic heterocycles. The van der Waals surface area contributed by atoms with E-state index in [-0.39, 0.29) is 11.9 Å². The van der Waals surface area contributed by atoms with E-state index < -0.39 is 0 Å². The predicted octanol–water partition coefficient (Wildman–Crippen LogP) is 1.37. The third kappa shape index (κ3) is 2.71. The van der Waals surface area contributed by atoms with Crippen LogP contribution in [-0.4, -0.2) is 36.6 Å². The molecule has 3 rings (SSSR count). The molecule has 19 heavy (non-hydrogen) atoms. The number of hydrogen-bond acceptors (Lipinski definition) is 4. The van der Waals surface area contributed by atoms with Crippen molar-refractivity contribution < 1.29 is 4.79 Å². The molecule has 1 atom stereocenters. The van der Waals surface area contributed by atoms with Gasteiger partial charge in [0.15, 0.2) is 5.82 Å². The summed E-state index contributed by atoms with van der Waals surface area (Å²) in [7, 11) is 0. The van der Waals surface area contributed by atoms with Gasteiger partial charge < -0.3 is 15.5 Å². The molecule has 0 saturated carbocycles. The van der Waals surface area contributed by atoms with Gasteiger partial charge in [0.05, 0.1) is 11.7 Å². The van der Waals surface area contributed by atoms with Gasteiger partial charge in [-0.3, -0.25) is 4.79 Å². The molecule has 2 saturated heterocycles. The summed E-state index contributed by atoms with van der Waals surface area (Å²) in [6, 6.07) is 3.76. The number of carbonyl (C=O) groups excluding carboxylic acids is 1. The smallest absolute Gasteiger partial charge is 0.241 e. The number of pyridine rings is 1. The second-order valence-electron chi connectivity index (χ2n) is 5.21. The van der Waals surface area contributed by atoms with Crippen molar-refractivity contribution in [2.45, 2.75) is 31.7 Å². The molecule has 0 radical (unpaired) electrons. The number of aromatic nitrogens is 1. The average Bonchev–Trinajstić information content (AvgIpc) is 3.13. The maximum atomic E-state index is 12.2. The molecule has 3 heterocycles. The standard InChI is InChI=1S/C14H20N4O/c19-14(12-6-4-7-15-12)17-11-5-3-8-16-13(11)18-9-1-2-10-18/h3,5,8,12,15H,1-2,4,6-7,9-10H2,(H,17,19)/t12-/m1/s1. The molecule has 0 aromatic carbocycles. The number of hydrogen-bond donors (Lipinski definition) is 2. The topological polar surface area (TPSA) is 57.3 Å². The van der Waals surface area contributed by atoms with Crippen molar-refractivity contribution in [3.05, 3.63) is 18.3 Å². The number of anilines is 2. The normalized spacial score (nSPS) is 22.7. The minimum Gasteiger partial charge on any atom is -0.355 e. The first-order valence-electron chi connectivity index (χ1n) is 7.09. The molecule has 102 valence electrons. The van der Waals surface area contributed by atoms with Gasteiger partial charge in [0.1, 0.15) is 0 Å². The van der Waals surface area contributed by atoms with Crippen molar-refractivity contribution in [3.63, 3.8) is 0 Å². The first kappa shape index (κ1) is 12.4. The highest BCUT2D eigenvalue weighted by atomic mass is 16.2. The number of nitrogens with zero attached hydrogens (tertiary/aromatic N) is 2. The van der Waals surface area contributed by atoms with Crippen LogP contribution in [0.15, 0.2) is 18.3 Å². The maximum absolute atomic E-state index is 12.2. The number of carbonyl (C=O) groups is 1. The van der Waals surface area contributed by atoms with Crippen LogP contribution >= 0.6 is 0 Å². The van der Waals surface area contributed by atoms with Crippen molar-refractivity contribution >= 4 is 17.4 Å². The Bertz CT molecular complexity index is 451. The summed E-state index contributed by atoms with van der Waals surface area (Å²) >= 11 is 0. The third-order valence-electron chi connectivity index (χ3n) is 3.83. The lowest BCUT2D eigenvalue weighted by molar-refractivity contribution is -0.117. The molecule has 1 amide bonds. The lowest BCUT2D eigenvalue weighted by Gasteiger charge is -2.20. The first-order valence-corrected chi connectivity index (χ1v) is 7.09. The molecule has 0 aliphatic carbocycles. The third-order valence-corrected chi connectivity index (χ3v) is 3.83. The zero-order valence-electron chi connectivity index (χ0n) is 11.1. The van der Waals surface area contributed by atoms with Crippen LogP contribution < -0.4 is 15.5 Å². The lowest BCUT2D eigenvalue weighted by Crippen LogP contribution is -2.36. The Balaban J connectivity index is 1.74. The Kier molecular flexibility index (Phi) is 3.64. The van der Waals surface area contributed by atoms with E-state index in [4.69, 9.17) is 0 Å². The van der Waals surface area contributed by atoms with Gasteiger partial charge in [0, 0.05) is 19.3 Å². The minimum atomic E-state index is -0.0494. The van der Waals surface area contributed by atoms with E-state index in [2.05, 4.69) is 20.5 Å². The number of nitrogens with one attached hydrogen (secondary N) is 2. The SMILES string of the molecule is O=C(Nc1cccnc1N1CCCC1)[C@H]1CCCN1. The van der Waals surface area contributed by atoms with Crippen LogP contribution in [0.25, 0.3) is 0 Å². The first-order chi connectivity index (χ1) is 9.34. The van der Waals surface area contributed by atoms with Crippen molar-refractivity contribution in [1.82, 2.24) is 10.3 Å². The van der Waals surface area contributed by atoms with Crippen molar-refractivity contribution in [2.24, 2.45) is 0 Å². The summed E-state index contributed by atoms with van der Waals surface area (Å²) in [5, 5.41) is 6.24. The Hall–Kier alpha value is -1.62. The van der Waals surface area contributed by atoms with Crippen LogP contribution in [0, 0.1) is 0 Å². The summed E-state index contributed by atoms with van der Waals surface area (Å²) in [4.78, 5) is 18.8. The monoisotopic (exact) mass is 260 g/mol. The Morgan fingerprint density at radius 3 is 2.95 bits per heavy atom. The molecule has 1 aromatic rings. The molecule has 2 fully saturated rings. The van der Waals surface area contributed by atoms with E-state index >= 15 is 0 Å². The Morgan fingerprint density at radius 2 is 2.21 bits per heavy atom. The molecule has 2 N–H and O–H groups in total. The molecule has 5 nitrogen and oxygen atoms in total. The molecule has 2 aliphatic rings. The highest BCUT2D eigenvalue weighted by Gasteiger charge is 2.24. The van der Waals surface area contributed by atoms with Crippen LogP contribution in [-0.2, 0) is 4.79 Å². The van der Waals surface area contributed by atoms with Crippen LogP contribution in [0.4, 0.5) is 11.5 Å². The van der Waals surface area contributed by atoms with E-state index in [1.807, 2.05) is 12.1 Å². The van der Waals surface area contributed by atoms with Gasteiger partial charge in [-0.25, -0.2) is 4.98 Å². The second kappa shape index (κ2) is 5.57. The fourth-order valence-electron chi connectivity index (χ4n) is 2.80. The highest BCUT2D eigenvalue weighted by molar-refractivity contribution is 5.97. The molecule has 0 bridgehead atoms. The van der Waals surface area contributed by atoms with Gasteiger partial charge in [-0.2, -0.15) is 0 Å². The molecule has 5 heteroatoms. The van der Waals surface area contributed by atoms with Crippen molar-refractivity contribution in [3.8, 4) is 0 Å². The van der Waals surface area contributed by atoms with Crippen LogP contribution in [0.2, 0.25) is 0 Å². The van der Waals surface area contributed by atoms with Crippen LogP contribution in [0.3, 0.4) is 0 Å². The molecule has 0 unspecified atom stereocenters. The molecule has 0 spiro atoms. The Labute approximate surface area is 113 Å². The van der Waals surface area contributed by atoms with Crippen molar-refractivity contribution in [1.29, 1.82) is 0 Å². The van der Waals surface area contributed by atoms with Gasteiger partial charge in [-0.05, 0) is 44.4 Å². The van der Waals surface area contributed by atoms with Crippen LogP contribution in [0.1, 0.15) is 25.7 Å². The van der Waals surface area contributed by atoms with E-state index in [9.17, 15) is 4.79 Å². The Morgan fingerprint density at radius 1 is 1.37 bits per heavy atom. The lowest BCUT2D eigenvalue weighted by atomic mass is 10.2. The fraction of sp³-hybridized carbons (Fsp3) is 0.571. The van der Waals surface area contributed by atoms with Crippen LogP contribution in [0.5, 0.6) is 0 Å². The molecular weight excluding hydrogens is 240 g/mol.